The van der Waals surface area contributed by atoms with Crippen LogP contribution < -0.4 is 10.6 Å². The number of fused-ring (bicyclic) bond motifs is 1. The molecule has 3 nitrogen and oxygen atoms in total. The van der Waals surface area contributed by atoms with Crippen LogP contribution in [0.3, 0.4) is 0 Å². The van der Waals surface area contributed by atoms with Gasteiger partial charge < -0.3 is 15.7 Å². The molecule has 0 spiro atoms. The van der Waals surface area contributed by atoms with Gasteiger partial charge in [0.2, 0.25) is 0 Å². The Bertz CT molecular complexity index is 454. The fourth-order valence-electron chi connectivity index (χ4n) is 3.75. The summed E-state index contributed by atoms with van der Waals surface area (Å²) in [5.74, 6) is 0. The van der Waals surface area contributed by atoms with Gasteiger partial charge in [0, 0.05) is 24.8 Å². The molecule has 0 aromatic heterocycles. The molecule has 110 valence electrons. The standard InChI is InChI=1S/C17H26N2O/c18-15-8-6-12-19(16-9-3-2-7-14(15)16)13-17(20)10-4-1-5-11-17/h2-3,7,9,15,20H,1,4-6,8,10-13,18H2. The van der Waals surface area contributed by atoms with Gasteiger partial charge in [-0.25, -0.2) is 0 Å². The van der Waals surface area contributed by atoms with Crippen LogP contribution in [0.25, 0.3) is 0 Å². The smallest absolute Gasteiger partial charge is 0.0821 e. The molecule has 2 aliphatic rings. The lowest BCUT2D eigenvalue weighted by Gasteiger charge is -2.38. The summed E-state index contributed by atoms with van der Waals surface area (Å²) in [6.45, 7) is 1.77. The Hall–Kier alpha value is -1.06. The normalized spacial score (nSPS) is 25.9. The average Bonchev–Trinajstić information content (AvgIpc) is 2.60. The van der Waals surface area contributed by atoms with E-state index in [9.17, 15) is 5.11 Å². The lowest BCUT2D eigenvalue weighted by Crippen LogP contribution is -2.45. The van der Waals surface area contributed by atoms with Crippen LogP contribution in [0.5, 0.6) is 0 Å². The maximum Gasteiger partial charge on any atom is 0.0821 e. The Labute approximate surface area is 121 Å². The lowest BCUT2D eigenvalue weighted by atomic mass is 9.84. The van der Waals surface area contributed by atoms with Crippen LogP contribution in [0.4, 0.5) is 5.69 Å². The van der Waals surface area contributed by atoms with Crippen molar-refractivity contribution in [2.75, 3.05) is 18.0 Å². The van der Waals surface area contributed by atoms with E-state index in [1.165, 1.54) is 17.7 Å². The van der Waals surface area contributed by atoms with Crippen molar-refractivity contribution >= 4 is 5.69 Å². The molecule has 3 rings (SSSR count). The van der Waals surface area contributed by atoms with E-state index in [0.717, 1.165) is 51.6 Å². The molecule has 0 saturated heterocycles. The van der Waals surface area contributed by atoms with Gasteiger partial charge in [0.25, 0.3) is 0 Å². The summed E-state index contributed by atoms with van der Waals surface area (Å²) in [6.07, 6.45) is 7.61. The van der Waals surface area contributed by atoms with Crippen molar-refractivity contribution in [1.29, 1.82) is 0 Å². The molecule has 0 amide bonds. The van der Waals surface area contributed by atoms with Crippen LogP contribution in [-0.2, 0) is 0 Å². The number of hydrogen-bond donors (Lipinski definition) is 2. The Kier molecular flexibility index (Phi) is 3.99. The van der Waals surface area contributed by atoms with Gasteiger partial charge in [-0.1, -0.05) is 37.5 Å². The third-order valence-electron chi connectivity index (χ3n) is 4.89. The van der Waals surface area contributed by atoms with E-state index in [0.29, 0.717) is 0 Å². The number of benzene rings is 1. The molecule has 1 atom stereocenters. The van der Waals surface area contributed by atoms with Crippen LogP contribution in [0.1, 0.15) is 56.6 Å². The zero-order chi connectivity index (χ0) is 14.0. The van der Waals surface area contributed by atoms with Gasteiger partial charge in [-0.3, -0.25) is 0 Å². The highest BCUT2D eigenvalue weighted by molar-refractivity contribution is 5.56. The molecule has 1 unspecified atom stereocenters. The average molecular weight is 274 g/mol. The summed E-state index contributed by atoms with van der Waals surface area (Å²) < 4.78 is 0. The van der Waals surface area contributed by atoms with E-state index in [-0.39, 0.29) is 6.04 Å². The fourth-order valence-corrected chi connectivity index (χ4v) is 3.75. The monoisotopic (exact) mass is 274 g/mol. The first-order chi connectivity index (χ1) is 9.68. The first-order valence-electron chi connectivity index (χ1n) is 8.00. The third kappa shape index (κ3) is 2.84. The molecule has 1 heterocycles. The summed E-state index contributed by atoms with van der Waals surface area (Å²) in [7, 11) is 0. The van der Waals surface area contributed by atoms with E-state index in [1.807, 2.05) is 0 Å². The molecule has 1 aromatic carbocycles. The Morgan fingerprint density at radius 3 is 2.70 bits per heavy atom. The van der Waals surface area contributed by atoms with Gasteiger partial charge in [0.05, 0.1) is 5.60 Å². The zero-order valence-electron chi connectivity index (χ0n) is 12.2. The topological polar surface area (TPSA) is 49.5 Å². The molecule has 1 aliphatic carbocycles. The summed E-state index contributed by atoms with van der Waals surface area (Å²) in [4.78, 5) is 2.37. The molecular weight excluding hydrogens is 248 g/mol. The van der Waals surface area contributed by atoms with Crippen molar-refractivity contribution in [3.63, 3.8) is 0 Å². The lowest BCUT2D eigenvalue weighted by molar-refractivity contribution is 0.0110. The summed E-state index contributed by atoms with van der Waals surface area (Å²) in [5, 5.41) is 10.8. The van der Waals surface area contributed by atoms with Crippen molar-refractivity contribution in [2.45, 2.75) is 56.6 Å². The second kappa shape index (κ2) is 5.74. The number of β-amino-alcohol motifs (C(OH)–C–C–N with tert-alkyl or cyclic N) is 1. The van der Waals surface area contributed by atoms with Crippen molar-refractivity contribution in [2.24, 2.45) is 5.73 Å². The van der Waals surface area contributed by atoms with E-state index in [2.05, 4.69) is 29.2 Å². The van der Waals surface area contributed by atoms with Crippen molar-refractivity contribution in [1.82, 2.24) is 0 Å². The maximum absolute atomic E-state index is 10.8. The number of nitrogens with zero attached hydrogens (tertiary/aromatic N) is 1. The Morgan fingerprint density at radius 2 is 1.90 bits per heavy atom. The number of rotatable bonds is 2. The van der Waals surface area contributed by atoms with Gasteiger partial charge in [-0.2, -0.15) is 0 Å². The number of nitrogens with two attached hydrogens (primary N) is 1. The largest absolute Gasteiger partial charge is 0.388 e. The number of para-hydroxylation sites is 1. The number of aliphatic hydroxyl groups is 1. The minimum atomic E-state index is -0.500. The van der Waals surface area contributed by atoms with Crippen molar-refractivity contribution in [3.8, 4) is 0 Å². The highest BCUT2D eigenvalue weighted by atomic mass is 16.3. The Balaban J connectivity index is 1.83. The second-order valence-electron chi connectivity index (χ2n) is 6.51. The molecule has 1 fully saturated rings. The fraction of sp³-hybridized carbons (Fsp3) is 0.647. The van der Waals surface area contributed by atoms with E-state index in [1.54, 1.807) is 0 Å². The van der Waals surface area contributed by atoms with Gasteiger partial charge in [0.15, 0.2) is 0 Å². The molecule has 1 saturated carbocycles. The maximum atomic E-state index is 10.8. The van der Waals surface area contributed by atoms with Crippen LogP contribution >= 0.6 is 0 Å². The number of hydrogen-bond acceptors (Lipinski definition) is 3. The van der Waals surface area contributed by atoms with Gasteiger partial charge >= 0.3 is 0 Å². The highest BCUT2D eigenvalue weighted by Crippen LogP contribution is 2.35. The van der Waals surface area contributed by atoms with Gasteiger partial charge in [0.1, 0.15) is 0 Å². The summed E-state index contributed by atoms with van der Waals surface area (Å²) in [5.41, 5.74) is 8.26. The molecule has 20 heavy (non-hydrogen) atoms. The summed E-state index contributed by atoms with van der Waals surface area (Å²) in [6, 6.07) is 8.58. The second-order valence-corrected chi connectivity index (χ2v) is 6.51. The first kappa shape index (κ1) is 13.9. The third-order valence-corrected chi connectivity index (χ3v) is 4.89. The first-order valence-corrected chi connectivity index (χ1v) is 8.00. The Morgan fingerprint density at radius 1 is 1.15 bits per heavy atom. The molecule has 3 heteroatoms. The minimum absolute atomic E-state index is 0.136. The van der Waals surface area contributed by atoms with Crippen molar-refractivity contribution < 1.29 is 5.11 Å². The minimum Gasteiger partial charge on any atom is -0.388 e. The van der Waals surface area contributed by atoms with Crippen LogP contribution in [0.15, 0.2) is 24.3 Å². The molecular formula is C17H26N2O. The van der Waals surface area contributed by atoms with E-state index < -0.39 is 5.60 Å². The van der Waals surface area contributed by atoms with Crippen LogP contribution in [0.2, 0.25) is 0 Å². The molecule has 1 aliphatic heterocycles. The molecule has 1 aromatic rings. The molecule has 0 bridgehead atoms. The highest BCUT2D eigenvalue weighted by Gasteiger charge is 2.33. The van der Waals surface area contributed by atoms with Crippen LogP contribution in [0, 0.1) is 0 Å². The van der Waals surface area contributed by atoms with Crippen molar-refractivity contribution in [3.05, 3.63) is 29.8 Å². The predicted octanol–water partition coefficient (Wildman–Crippen LogP) is 2.98. The molecule has 0 radical (unpaired) electrons. The molecule has 3 N–H and O–H groups in total. The van der Waals surface area contributed by atoms with E-state index in [4.69, 9.17) is 5.73 Å². The van der Waals surface area contributed by atoms with E-state index >= 15 is 0 Å². The summed E-state index contributed by atoms with van der Waals surface area (Å²) >= 11 is 0. The van der Waals surface area contributed by atoms with Gasteiger partial charge in [-0.05, 0) is 37.3 Å². The number of anilines is 1. The van der Waals surface area contributed by atoms with Gasteiger partial charge in [-0.15, -0.1) is 0 Å². The SMILES string of the molecule is NC1CCCN(CC2(O)CCCCC2)c2ccccc21. The van der Waals surface area contributed by atoms with Crippen LogP contribution in [-0.4, -0.2) is 23.8 Å². The zero-order valence-corrected chi connectivity index (χ0v) is 12.2. The quantitative estimate of drug-likeness (QED) is 0.871. The predicted molar refractivity (Wildman–Crippen MR) is 82.9 cm³/mol.